The average molecular weight is 321 g/mol. The summed E-state index contributed by atoms with van der Waals surface area (Å²) in [5.41, 5.74) is 1.19. The monoisotopic (exact) mass is 321 g/mol. The Morgan fingerprint density at radius 1 is 1.29 bits per heavy atom. The molecule has 0 spiro atoms. The summed E-state index contributed by atoms with van der Waals surface area (Å²) in [7, 11) is 0. The van der Waals surface area contributed by atoms with Crippen molar-refractivity contribution in [1.82, 2.24) is 0 Å². The molecule has 0 bridgehead atoms. The fraction of sp³-hybridized carbons (Fsp3) is 0.385. The number of carbonyl (C=O) groups excluding carboxylic acids is 1. The van der Waals surface area contributed by atoms with Crippen molar-refractivity contribution >= 4 is 29.3 Å². The van der Waals surface area contributed by atoms with E-state index in [1.807, 2.05) is 0 Å². The van der Waals surface area contributed by atoms with Gasteiger partial charge < -0.3 is 10.4 Å². The van der Waals surface area contributed by atoms with Gasteiger partial charge in [-0.1, -0.05) is 12.1 Å². The molecule has 0 aliphatic rings. The van der Waals surface area contributed by atoms with Crippen LogP contribution in [0.25, 0.3) is 0 Å². The number of carboxylic acids is 1. The maximum absolute atomic E-state index is 12.0. The molecule has 0 aliphatic heterocycles. The molecular weight excluding hydrogens is 307 g/mol. The van der Waals surface area contributed by atoms with Gasteiger partial charge in [-0.05, 0) is 17.7 Å². The second kappa shape index (κ2) is 7.92. The van der Waals surface area contributed by atoms with E-state index >= 15 is 0 Å². The lowest BCUT2D eigenvalue weighted by Crippen LogP contribution is -2.16. The van der Waals surface area contributed by atoms with Crippen molar-refractivity contribution in [2.75, 3.05) is 11.1 Å². The van der Waals surface area contributed by atoms with Crippen LogP contribution in [0.3, 0.4) is 0 Å². The van der Waals surface area contributed by atoms with Crippen LogP contribution in [0.15, 0.2) is 24.3 Å². The van der Waals surface area contributed by atoms with Gasteiger partial charge in [-0.2, -0.15) is 13.2 Å². The average Bonchev–Trinajstić information content (AvgIpc) is 2.36. The van der Waals surface area contributed by atoms with E-state index in [-0.39, 0.29) is 5.75 Å². The highest BCUT2D eigenvalue weighted by atomic mass is 32.2. The zero-order valence-electron chi connectivity index (χ0n) is 10.9. The standard InChI is InChI=1S/C13H14F3NO3S/c14-13(15,16)5-4-11(18)17-10-3-1-2-9(6-10)7-21-8-12(19)20/h1-3,6H,4-5,7-8H2,(H,17,18)(H,19,20). The Bertz CT molecular complexity index is 506. The summed E-state index contributed by atoms with van der Waals surface area (Å²) in [6.07, 6.45) is -6.14. The van der Waals surface area contributed by atoms with Crippen molar-refractivity contribution in [1.29, 1.82) is 0 Å². The number of hydrogen-bond acceptors (Lipinski definition) is 3. The number of carboxylic acid groups (broad SMARTS) is 1. The Hall–Kier alpha value is -1.70. The molecule has 4 nitrogen and oxygen atoms in total. The lowest BCUT2D eigenvalue weighted by Gasteiger charge is -2.08. The number of amides is 1. The predicted molar refractivity (Wildman–Crippen MR) is 74.2 cm³/mol. The van der Waals surface area contributed by atoms with Crippen LogP contribution in [-0.4, -0.2) is 28.9 Å². The van der Waals surface area contributed by atoms with E-state index in [9.17, 15) is 22.8 Å². The molecule has 0 unspecified atom stereocenters. The summed E-state index contributed by atoms with van der Waals surface area (Å²) in [6.45, 7) is 0. The van der Waals surface area contributed by atoms with Gasteiger partial charge in [-0.15, -0.1) is 11.8 Å². The third-order valence-corrected chi connectivity index (χ3v) is 3.33. The molecule has 1 amide bonds. The first-order valence-corrected chi connectivity index (χ1v) is 7.17. The molecule has 2 N–H and O–H groups in total. The van der Waals surface area contributed by atoms with E-state index in [1.165, 1.54) is 11.8 Å². The summed E-state index contributed by atoms with van der Waals surface area (Å²) in [6, 6.07) is 6.58. The molecule has 1 rings (SSSR count). The molecule has 0 heterocycles. The molecule has 0 radical (unpaired) electrons. The fourth-order valence-corrected chi connectivity index (χ4v) is 2.17. The van der Waals surface area contributed by atoms with Crippen LogP contribution in [-0.2, 0) is 15.3 Å². The zero-order valence-corrected chi connectivity index (χ0v) is 11.8. The lowest BCUT2D eigenvalue weighted by molar-refractivity contribution is -0.142. The number of hydrogen-bond donors (Lipinski definition) is 2. The third-order valence-electron chi connectivity index (χ3n) is 2.34. The highest BCUT2D eigenvalue weighted by Crippen LogP contribution is 2.22. The van der Waals surface area contributed by atoms with Crippen molar-refractivity contribution in [3.05, 3.63) is 29.8 Å². The van der Waals surface area contributed by atoms with Crippen LogP contribution in [0.1, 0.15) is 18.4 Å². The second-order valence-electron chi connectivity index (χ2n) is 4.25. The molecule has 1 aromatic carbocycles. The molecule has 21 heavy (non-hydrogen) atoms. The van der Waals surface area contributed by atoms with Gasteiger partial charge in [0.25, 0.3) is 0 Å². The van der Waals surface area contributed by atoms with Gasteiger partial charge >= 0.3 is 12.1 Å². The minimum absolute atomic E-state index is 0.0395. The molecule has 0 saturated heterocycles. The maximum Gasteiger partial charge on any atom is 0.389 e. The SMILES string of the molecule is O=C(O)CSCc1cccc(NC(=O)CCC(F)(F)F)c1. The van der Waals surface area contributed by atoms with Crippen LogP contribution >= 0.6 is 11.8 Å². The van der Waals surface area contributed by atoms with Gasteiger partial charge in [0.05, 0.1) is 12.2 Å². The fourth-order valence-electron chi connectivity index (χ4n) is 1.47. The Labute approximate surface area is 123 Å². The normalized spacial score (nSPS) is 11.2. The number of alkyl halides is 3. The molecule has 0 saturated carbocycles. The highest BCUT2D eigenvalue weighted by molar-refractivity contribution is 7.99. The first-order chi connectivity index (χ1) is 9.76. The van der Waals surface area contributed by atoms with E-state index in [4.69, 9.17) is 5.11 Å². The number of benzene rings is 1. The minimum Gasteiger partial charge on any atom is -0.481 e. The van der Waals surface area contributed by atoms with Crippen molar-refractivity contribution < 1.29 is 27.9 Å². The quantitative estimate of drug-likeness (QED) is 0.809. The summed E-state index contributed by atoms with van der Waals surface area (Å²) in [5, 5.41) is 10.9. The molecule has 0 aromatic heterocycles. The molecule has 0 atom stereocenters. The summed E-state index contributed by atoms with van der Waals surface area (Å²) < 4.78 is 36.0. The molecule has 116 valence electrons. The zero-order chi connectivity index (χ0) is 15.9. The number of anilines is 1. The van der Waals surface area contributed by atoms with Gasteiger partial charge in [0, 0.05) is 17.9 Å². The van der Waals surface area contributed by atoms with E-state index in [0.717, 1.165) is 5.56 Å². The van der Waals surface area contributed by atoms with Crippen molar-refractivity contribution in [3.63, 3.8) is 0 Å². The number of halogens is 3. The van der Waals surface area contributed by atoms with Crippen LogP contribution < -0.4 is 5.32 Å². The van der Waals surface area contributed by atoms with Crippen molar-refractivity contribution in [2.45, 2.75) is 24.8 Å². The molecule has 8 heteroatoms. The summed E-state index contributed by atoms with van der Waals surface area (Å²) in [5.74, 6) is -1.22. The van der Waals surface area contributed by atoms with Gasteiger partial charge in [0.2, 0.25) is 5.91 Å². The summed E-state index contributed by atoms with van der Waals surface area (Å²) >= 11 is 1.19. The molecule has 0 fully saturated rings. The van der Waals surface area contributed by atoms with E-state index in [1.54, 1.807) is 24.3 Å². The van der Waals surface area contributed by atoms with Crippen LogP contribution in [0.2, 0.25) is 0 Å². The van der Waals surface area contributed by atoms with Crippen LogP contribution in [0.4, 0.5) is 18.9 Å². The Morgan fingerprint density at radius 2 is 2.00 bits per heavy atom. The largest absolute Gasteiger partial charge is 0.481 e. The number of aliphatic carboxylic acids is 1. The Balaban J connectivity index is 2.48. The van der Waals surface area contributed by atoms with Crippen molar-refractivity contribution in [3.8, 4) is 0 Å². The van der Waals surface area contributed by atoms with Gasteiger partial charge in [-0.3, -0.25) is 9.59 Å². The van der Waals surface area contributed by atoms with Gasteiger partial charge in [0.1, 0.15) is 0 Å². The van der Waals surface area contributed by atoms with Gasteiger partial charge in [-0.25, -0.2) is 0 Å². The van der Waals surface area contributed by atoms with Gasteiger partial charge in [0.15, 0.2) is 0 Å². The molecular formula is C13H14F3NO3S. The van der Waals surface area contributed by atoms with Crippen LogP contribution in [0.5, 0.6) is 0 Å². The van der Waals surface area contributed by atoms with Crippen LogP contribution in [0, 0.1) is 0 Å². The molecule has 0 aliphatic carbocycles. The first kappa shape index (κ1) is 17.4. The highest BCUT2D eigenvalue weighted by Gasteiger charge is 2.27. The number of nitrogens with one attached hydrogen (secondary N) is 1. The summed E-state index contributed by atoms with van der Waals surface area (Å²) in [4.78, 5) is 21.8. The van der Waals surface area contributed by atoms with E-state index in [2.05, 4.69) is 5.32 Å². The Morgan fingerprint density at radius 3 is 2.62 bits per heavy atom. The second-order valence-corrected chi connectivity index (χ2v) is 5.24. The maximum atomic E-state index is 12.0. The van der Waals surface area contributed by atoms with E-state index in [0.29, 0.717) is 11.4 Å². The van der Waals surface area contributed by atoms with Crippen molar-refractivity contribution in [2.24, 2.45) is 0 Å². The minimum atomic E-state index is -4.35. The third kappa shape index (κ3) is 8.23. The Kier molecular flexibility index (Phi) is 6.54. The number of carbonyl (C=O) groups is 2. The van der Waals surface area contributed by atoms with E-state index < -0.39 is 30.9 Å². The topological polar surface area (TPSA) is 66.4 Å². The lowest BCUT2D eigenvalue weighted by atomic mass is 10.2. The smallest absolute Gasteiger partial charge is 0.389 e. The first-order valence-electron chi connectivity index (χ1n) is 6.01. The number of rotatable bonds is 7. The molecule has 1 aromatic rings. The predicted octanol–water partition coefficient (Wildman–Crippen LogP) is 3.29. The number of thioether (sulfide) groups is 1.